The van der Waals surface area contributed by atoms with Crippen LogP contribution in [0.5, 0.6) is 0 Å². The lowest BCUT2D eigenvalue weighted by molar-refractivity contribution is -0.949. The van der Waals surface area contributed by atoms with Crippen molar-refractivity contribution in [3.8, 4) is 12.1 Å². The molecule has 0 amide bonds. The molecular formula is C27H32BrN3. The molecule has 0 radical (unpaired) electrons. The van der Waals surface area contributed by atoms with Crippen molar-refractivity contribution in [2.24, 2.45) is 5.92 Å². The maximum atomic E-state index is 10.5. The molecule has 2 fully saturated rings. The van der Waals surface area contributed by atoms with Crippen LogP contribution in [-0.4, -0.2) is 30.2 Å². The zero-order valence-electron chi connectivity index (χ0n) is 18.4. The van der Waals surface area contributed by atoms with E-state index in [1.807, 2.05) is 12.1 Å². The van der Waals surface area contributed by atoms with Crippen molar-refractivity contribution in [1.29, 1.82) is 10.5 Å². The van der Waals surface area contributed by atoms with E-state index in [2.05, 4.69) is 67.7 Å². The molecule has 2 saturated heterocycles. The van der Waals surface area contributed by atoms with Gasteiger partial charge in [-0.3, -0.25) is 0 Å². The Morgan fingerprint density at radius 3 is 1.87 bits per heavy atom. The Morgan fingerprint density at radius 2 is 1.42 bits per heavy atom. The molecule has 2 aromatic carbocycles. The molecule has 2 bridgehead atoms. The summed E-state index contributed by atoms with van der Waals surface area (Å²) < 4.78 is 1.15. The molecule has 2 heterocycles. The number of quaternary nitrogens is 1. The van der Waals surface area contributed by atoms with Gasteiger partial charge >= 0.3 is 0 Å². The molecule has 4 atom stereocenters. The van der Waals surface area contributed by atoms with Gasteiger partial charge in [0.25, 0.3) is 0 Å². The summed E-state index contributed by atoms with van der Waals surface area (Å²) in [7, 11) is 2.42. The number of nitriles is 2. The molecule has 0 spiro atoms. The number of halogens is 1. The minimum absolute atomic E-state index is 0. The Bertz CT molecular complexity index is 875. The lowest BCUT2D eigenvalue weighted by atomic mass is 9.67. The van der Waals surface area contributed by atoms with Crippen LogP contribution in [0.25, 0.3) is 0 Å². The van der Waals surface area contributed by atoms with Gasteiger partial charge in [-0.2, -0.15) is 10.5 Å². The molecule has 4 heteroatoms. The largest absolute Gasteiger partial charge is 1.00 e. The molecular weight excluding hydrogens is 446 g/mol. The fourth-order valence-electron chi connectivity index (χ4n) is 6.34. The van der Waals surface area contributed by atoms with E-state index < -0.39 is 5.41 Å². The van der Waals surface area contributed by atoms with E-state index in [9.17, 15) is 5.26 Å². The second kappa shape index (κ2) is 9.99. The van der Waals surface area contributed by atoms with Crippen LogP contribution in [0.1, 0.15) is 56.1 Å². The van der Waals surface area contributed by atoms with E-state index >= 15 is 0 Å². The topological polar surface area (TPSA) is 47.6 Å². The Morgan fingerprint density at radius 1 is 0.903 bits per heavy atom. The summed E-state index contributed by atoms with van der Waals surface area (Å²) in [6.07, 6.45) is 7.53. The van der Waals surface area contributed by atoms with Crippen LogP contribution in [0, 0.1) is 28.6 Å². The van der Waals surface area contributed by atoms with E-state index in [-0.39, 0.29) is 17.0 Å². The molecule has 2 aliphatic heterocycles. The predicted octanol–water partition coefficient (Wildman–Crippen LogP) is 2.58. The Hall–Kier alpha value is -2.14. The smallest absolute Gasteiger partial charge is 0.107 e. The van der Waals surface area contributed by atoms with E-state index in [4.69, 9.17) is 5.26 Å². The second-order valence-corrected chi connectivity index (χ2v) is 9.51. The molecule has 2 aromatic rings. The molecule has 0 N–H and O–H groups in total. The Labute approximate surface area is 197 Å². The van der Waals surface area contributed by atoms with Crippen LogP contribution >= 0.6 is 0 Å². The van der Waals surface area contributed by atoms with Crippen LogP contribution in [-0.2, 0) is 5.41 Å². The summed E-state index contributed by atoms with van der Waals surface area (Å²) in [4.78, 5) is 0. The van der Waals surface area contributed by atoms with Gasteiger partial charge in [-0.25, -0.2) is 0 Å². The lowest BCUT2D eigenvalue weighted by Crippen LogP contribution is -3.00. The lowest BCUT2D eigenvalue weighted by Gasteiger charge is -2.48. The van der Waals surface area contributed by atoms with Gasteiger partial charge in [0, 0.05) is 38.5 Å². The molecule has 0 aromatic heterocycles. The molecule has 1 unspecified atom stereocenters. The van der Waals surface area contributed by atoms with Crippen LogP contribution in [0.4, 0.5) is 0 Å². The molecule has 0 aliphatic carbocycles. The monoisotopic (exact) mass is 477 g/mol. The normalized spacial score (nSPS) is 27.0. The highest BCUT2D eigenvalue weighted by atomic mass is 79.9. The van der Waals surface area contributed by atoms with E-state index in [0.29, 0.717) is 24.4 Å². The zero-order chi connectivity index (χ0) is 21.0. The van der Waals surface area contributed by atoms with Crippen molar-refractivity contribution in [3.05, 3.63) is 71.8 Å². The predicted molar refractivity (Wildman–Crippen MR) is 119 cm³/mol. The van der Waals surface area contributed by atoms with E-state index in [1.54, 1.807) is 0 Å². The standard InChI is InChI=1S/C27H32N3.BrH/c1-30(17-9-8-16-28)25-14-15-26(30)19-22(18-25)20-27(21-29,23-10-4-2-5-11-23)24-12-6-3-7-13-24;/h2-7,10-13,22,25-26H,8-9,14-15,17-20H2,1H3;1H/q+1;/p-1/t22-,25+,26-,30?;. The maximum absolute atomic E-state index is 10.5. The third-order valence-electron chi connectivity index (χ3n) is 7.96. The first-order valence-electron chi connectivity index (χ1n) is 11.4. The third-order valence-corrected chi connectivity index (χ3v) is 7.96. The van der Waals surface area contributed by atoms with Crippen molar-refractivity contribution < 1.29 is 21.5 Å². The summed E-state index contributed by atoms with van der Waals surface area (Å²) >= 11 is 0. The van der Waals surface area contributed by atoms with E-state index in [1.165, 1.54) is 25.7 Å². The number of hydrogen-bond acceptors (Lipinski definition) is 2. The summed E-state index contributed by atoms with van der Waals surface area (Å²) in [6.45, 7) is 1.12. The first kappa shape index (κ1) is 23.5. The van der Waals surface area contributed by atoms with Gasteiger partial charge in [0.2, 0.25) is 0 Å². The quantitative estimate of drug-likeness (QED) is 0.454. The zero-order valence-corrected chi connectivity index (χ0v) is 20.0. The van der Waals surface area contributed by atoms with Gasteiger partial charge in [0.15, 0.2) is 0 Å². The SMILES string of the molecule is C[N+]1(CCCC#N)[C@@H]2CC[C@H]1C[C@@H](CC(C#N)(c1ccccc1)c1ccccc1)C2.[Br-]. The average Bonchev–Trinajstić information content (AvgIpc) is 2.95. The van der Waals surface area contributed by atoms with Gasteiger partial charge in [-0.05, 0) is 23.5 Å². The molecule has 31 heavy (non-hydrogen) atoms. The summed E-state index contributed by atoms with van der Waals surface area (Å²) in [5.74, 6) is 0.560. The number of nitrogens with zero attached hydrogens (tertiary/aromatic N) is 3. The minimum Gasteiger partial charge on any atom is -1.00 e. The molecule has 4 rings (SSSR count). The first-order valence-corrected chi connectivity index (χ1v) is 11.4. The number of piperidine rings is 1. The number of fused-ring (bicyclic) bond motifs is 2. The highest BCUT2D eigenvalue weighted by molar-refractivity contribution is 5.45. The van der Waals surface area contributed by atoms with Crippen LogP contribution in [0.3, 0.4) is 0 Å². The van der Waals surface area contributed by atoms with Crippen molar-refractivity contribution in [3.63, 3.8) is 0 Å². The van der Waals surface area contributed by atoms with Gasteiger partial charge in [0.05, 0.1) is 37.8 Å². The van der Waals surface area contributed by atoms with Crippen molar-refractivity contribution >= 4 is 0 Å². The van der Waals surface area contributed by atoms with Crippen LogP contribution in [0.2, 0.25) is 0 Å². The van der Waals surface area contributed by atoms with Crippen LogP contribution < -0.4 is 17.0 Å². The van der Waals surface area contributed by atoms with Crippen molar-refractivity contribution in [1.82, 2.24) is 0 Å². The number of benzene rings is 2. The molecule has 3 nitrogen and oxygen atoms in total. The number of rotatable bonds is 7. The second-order valence-electron chi connectivity index (χ2n) is 9.51. The van der Waals surface area contributed by atoms with Gasteiger partial charge in [0.1, 0.15) is 5.41 Å². The van der Waals surface area contributed by atoms with Crippen LogP contribution in [0.15, 0.2) is 60.7 Å². The fraction of sp³-hybridized carbons (Fsp3) is 0.481. The van der Waals surface area contributed by atoms with Crippen molar-refractivity contribution in [2.75, 3.05) is 13.6 Å². The minimum atomic E-state index is -0.589. The fourth-order valence-corrected chi connectivity index (χ4v) is 6.34. The van der Waals surface area contributed by atoms with Gasteiger partial charge in [-0.1, -0.05) is 60.7 Å². The number of unbranched alkanes of at least 4 members (excludes halogenated alkanes) is 1. The Kier molecular flexibility index (Phi) is 7.58. The van der Waals surface area contributed by atoms with Crippen molar-refractivity contribution in [2.45, 2.75) is 62.4 Å². The molecule has 162 valence electrons. The first-order chi connectivity index (χ1) is 14.6. The molecule has 0 saturated carbocycles. The highest BCUT2D eigenvalue weighted by Crippen LogP contribution is 2.48. The van der Waals surface area contributed by atoms with Gasteiger partial charge < -0.3 is 21.5 Å². The van der Waals surface area contributed by atoms with E-state index in [0.717, 1.165) is 35.0 Å². The average molecular weight is 478 g/mol. The highest BCUT2D eigenvalue weighted by Gasteiger charge is 2.52. The molecule has 2 aliphatic rings. The summed E-state index contributed by atoms with van der Waals surface area (Å²) in [6, 6.07) is 27.2. The Balaban J connectivity index is 0.00000272. The summed E-state index contributed by atoms with van der Waals surface area (Å²) in [5, 5.41) is 19.5. The maximum Gasteiger partial charge on any atom is 0.107 e. The number of hydrogen-bond donors (Lipinski definition) is 0. The third kappa shape index (κ3) is 4.43. The van der Waals surface area contributed by atoms with Gasteiger partial charge in [-0.15, -0.1) is 0 Å². The summed E-state index contributed by atoms with van der Waals surface area (Å²) in [5.41, 5.74) is 1.64.